The van der Waals surface area contributed by atoms with E-state index in [9.17, 15) is 14.4 Å². The molecule has 0 bridgehead atoms. The third-order valence-electron chi connectivity index (χ3n) is 10.7. The molecular weight excluding hydrogens is 677 g/mol. The van der Waals surface area contributed by atoms with Gasteiger partial charge in [-0.1, -0.05) is 121 Å². The summed E-state index contributed by atoms with van der Waals surface area (Å²) < 4.78 is 5.86. The molecule has 0 radical (unpaired) electrons. The molecule has 0 spiro atoms. The van der Waals surface area contributed by atoms with E-state index < -0.39 is 0 Å². The number of benzene rings is 2. The van der Waals surface area contributed by atoms with E-state index in [2.05, 4.69) is 47.6 Å². The number of ketones is 1. The van der Waals surface area contributed by atoms with Gasteiger partial charge in [0.15, 0.2) is 5.78 Å². The second-order valence-electron chi connectivity index (χ2n) is 15.0. The Morgan fingerprint density at radius 2 is 1.42 bits per heavy atom. The van der Waals surface area contributed by atoms with Crippen LogP contribution in [0.15, 0.2) is 60.0 Å². The Balaban J connectivity index is 1.08. The molecule has 0 saturated carbocycles. The van der Waals surface area contributed by atoms with E-state index in [0.29, 0.717) is 42.3 Å². The Hall–Kier alpha value is -3.29. The van der Waals surface area contributed by atoms with E-state index in [4.69, 9.17) is 4.74 Å². The number of Topliss-reactive ketones (excluding diaryl/α,β-unsaturated/α-hetero) is 1. The third kappa shape index (κ3) is 15.5. The van der Waals surface area contributed by atoms with E-state index in [-0.39, 0.29) is 24.1 Å². The van der Waals surface area contributed by atoms with Crippen LogP contribution in [0, 0.1) is 0 Å². The summed E-state index contributed by atoms with van der Waals surface area (Å²) >= 11 is 1.83. The number of rotatable bonds is 27. The van der Waals surface area contributed by atoms with Gasteiger partial charge in [0.1, 0.15) is 5.75 Å². The number of ether oxygens (including phenoxy) is 1. The van der Waals surface area contributed by atoms with Gasteiger partial charge in [0, 0.05) is 48.0 Å². The fraction of sp³-hybridized carbons (Fsp3) is 0.587. The SMILES string of the molecule is CCCCCCCCCCCCCCCC(=O)c1ccc(C(=O)NCCCC(=O)Oc2cccc3c2CCC(N(CCC)CCc2cccs2)C3)cc1. The lowest BCUT2D eigenvalue weighted by Crippen LogP contribution is -2.41. The number of fused-ring (bicyclic) bond motifs is 1. The van der Waals surface area contributed by atoms with Crippen LogP contribution in [0.2, 0.25) is 0 Å². The molecule has 1 heterocycles. The van der Waals surface area contributed by atoms with Crippen LogP contribution >= 0.6 is 11.3 Å². The maximum atomic E-state index is 12.8. The lowest BCUT2D eigenvalue weighted by Gasteiger charge is -2.35. The van der Waals surface area contributed by atoms with Crippen LogP contribution in [0.25, 0.3) is 0 Å². The van der Waals surface area contributed by atoms with Crippen molar-refractivity contribution in [1.29, 1.82) is 0 Å². The van der Waals surface area contributed by atoms with Gasteiger partial charge in [-0.3, -0.25) is 19.3 Å². The normalized spacial score (nSPS) is 13.9. The average Bonchev–Trinajstić information content (AvgIpc) is 3.70. The van der Waals surface area contributed by atoms with Gasteiger partial charge in [-0.2, -0.15) is 0 Å². The van der Waals surface area contributed by atoms with Gasteiger partial charge in [-0.25, -0.2) is 0 Å². The summed E-state index contributed by atoms with van der Waals surface area (Å²) in [5.74, 6) is 0.346. The van der Waals surface area contributed by atoms with Gasteiger partial charge in [0.25, 0.3) is 5.91 Å². The van der Waals surface area contributed by atoms with Gasteiger partial charge in [-0.15, -0.1) is 11.3 Å². The molecule has 6 nitrogen and oxygen atoms in total. The quantitative estimate of drug-likeness (QED) is 0.0364. The largest absolute Gasteiger partial charge is 0.426 e. The Morgan fingerprint density at radius 1 is 0.736 bits per heavy atom. The van der Waals surface area contributed by atoms with Gasteiger partial charge in [-0.05, 0) is 92.3 Å². The van der Waals surface area contributed by atoms with Crippen molar-refractivity contribution in [2.45, 2.75) is 155 Å². The van der Waals surface area contributed by atoms with Crippen molar-refractivity contribution in [2.75, 3.05) is 19.6 Å². The number of carbonyl (C=O) groups excluding carboxylic acids is 3. The fourth-order valence-corrected chi connectivity index (χ4v) is 8.30. The van der Waals surface area contributed by atoms with Gasteiger partial charge in [0.2, 0.25) is 0 Å². The molecule has 1 aliphatic rings. The number of esters is 1. The number of thiophene rings is 1. The molecule has 4 rings (SSSR count). The molecule has 2 aromatic carbocycles. The van der Waals surface area contributed by atoms with Crippen LogP contribution in [-0.2, 0) is 24.1 Å². The van der Waals surface area contributed by atoms with Crippen molar-refractivity contribution in [2.24, 2.45) is 0 Å². The number of carbonyl (C=O) groups is 3. The Bertz CT molecular complexity index is 1490. The van der Waals surface area contributed by atoms with Crippen molar-refractivity contribution < 1.29 is 19.1 Å². The average molecular weight is 743 g/mol. The first-order valence-electron chi connectivity index (χ1n) is 21.0. The second kappa shape index (κ2) is 24.9. The Labute approximate surface area is 324 Å². The van der Waals surface area contributed by atoms with Crippen LogP contribution in [0.5, 0.6) is 5.75 Å². The molecule has 0 fully saturated rings. The van der Waals surface area contributed by atoms with E-state index in [1.807, 2.05) is 23.5 Å². The summed E-state index contributed by atoms with van der Waals surface area (Å²) in [6, 6.07) is 17.9. The molecule has 0 saturated heterocycles. The molecule has 3 aromatic rings. The van der Waals surface area contributed by atoms with Crippen molar-refractivity contribution in [3.8, 4) is 5.75 Å². The summed E-state index contributed by atoms with van der Waals surface area (Å²) in [5, 5.41) is 5.06. The lowest BCUT2D eigenvalue weighted by atomic mass is 9.86. The van der Waals surface area contributed by atoms with Crippen molar-refractivity contribution in [1.82, 2.24) is 10.2 Å². The van der Waals surface area contributed by atoms with Crippen LogP contribution in [0.1, 0.15) is 166 Å². The topological polar surface area (TPSA) is 75.7 Å². The van der Waals surface area contributed by atoms with E-state index in [1.165, 1.54) is 81.1 Å². The zero-order valence-electron chi connectivity index (χ0n) is 32.8. The molecule has 290 valence electrons. The number of nitrogens with zero attached hydrogens (tertiary/aromatic N) is 1. The molecule has 1 aliphatic carbocycles. The second-order valence-corrected chi connectivity index (χ2v) is 16.0. The summed E-state index contributed by atoms with van der Waals surface area (Å²) in [6.45, 7) is 7.06. The highest BCUT2D eigenvalue weighted by atomic mass is 32.1. The minimum Gasteiger partial charge on any atom is -0.426 e. The van der Waals surface area contributed by atoms with Gasteiger partial charge < -0.3 is 10.1 Å². The highest BCUT2D eigenvalue weighted by molar-refractivity contribution is 7.09. The minimum atomic E-state index is -0.273. The van der Waals surface area contributed by atoms with Crippen LogP contribution < -0.4 is 10.1 Å². The summed E-state index contributed by atoms with van der Waals surface area (Å²) in [7, 11) is 0. The molecule has 1 aromatic heterocycles. The van der Waals surface area contributed by atoms with Crippen LogP contribution in [-0.4, -0.2) is 48.2 Å². The maximum Gasteiger partial charge on any atom is 0.311 e. The predicted molar refractivity (Wildman–Crippen MR) is 220 cm³/mol. The molecule has 1 N–H and O–H groups in total. The predicted octanol–water partition coefficient (Wildman–Crippen LogP) is 11.3. The number of amides is 1. The molecule has 7 heteroatoms. The molecule has 0 aliphatic heterocycles. The molecule has 1 amide bonds. The van der Waals surface area contributed by atoms with Gasteiger partial charge >= 0.3 is 5.97 Å². The number of hydrogen-bond donors (Lipinski definition) is 1. The number of nitrogens with one attached hydrogen (secondary N) is 1. The standard InChI is InChI=1S/C46H66N2O4S/c1-3-5-6-7-8-9-10-11-12-13-14-15-16-22-43(49)37-25-27-38(28-26-37)46(51)47-32-18-24-45(50)52-44-23-17-20-39-36-40(29-30-42(39)44)48(33-4-2)34-31-41-21-19-35-53-41/h17,19-21,23,25-28,35,40H,3-16,18,22,24,29-34,36H2,1-2H3,(H,47,51). The highest BCUT2D eigenvalue weighted by Crippen LogP contribution is 2.32. The summed E-state index contributed by atoms with van der Waals surface area (Å²) in [6.07, 6.45) is 23.2. The minimum absolute atomic E-state index is 0.140. The van der Waals surface area contributed by atoms with E-state index >= 15 is 0 Å². The summed E-state index contributed by atoms with van der Waals surface area (Å²) in [4.78, 5) is 42.3. The lowest BCUT2D eigenvalue weighted by molar-refractivity contribution is -0.134. The zero-order chi connectivity index (χ0) is 37.5. The Kier molecular flexibility index (Phi) is 20.0. The third-order valence-corrected chi connectivity index (χ3v) is 11.6. The monoisotopic (exact) mass is 742 g/mol. The first kappa shape index (κ1) is 42.5. The van der Waals surface area contributed by atoms with Crippen molar-refractivity contribution in [3.05, 3.63) is 87.1 Å². The smallest absolute Gasteiger partial charge is 0.311 e. The maximum absolute atomic E-state index is 12.8. The van der Waals surface area contributed by atoms with Crippen molar-refractivity contribution >= 4 is 29.0 Å². The van der Waals surface area contributed by atoms with Crippen LogP contribution in [0.3, 0.4) is 0 Å². The molecular formula is C46H66N2O4S. The fourth-order valence-electron chi connectivity index (χ4n) is 7.60. The number of unbranched alkanes of at least 4 members (excludes halogenated alkanes) is 12. The van der Waals surface area contributed by atoms with Crippen LogP contribution in [0.4, 0.5) is 0 Å². The highest BCUT2D eigenvalue weighted by Gasteiger charge is 2.26. The zero-order valence-corrected chi connectivity index (χ0v) is 33.6. The van der Waals surface area contributed by atoms with E-state index in [0.717, 1.165) is 63.6 Å². The number of hydrogen-bond acceptors (Lipinski definition) is 6. The first-order valence-corrected chi connectivity index (χ1v) is 21.9. The van der Waals surface area contributed by atoms with Gasteiger partial charge in [0.05, 0.1) is 0 Å². The van der Waals surface area contributed by atoms with E-state index in [1.54, 1.807) is 24.3 Å². The van der Waals surface area contributed by atoms with Crippen molar-refractivity contribution in [3.63, 3.8) is 0 Å². The molecule has 1 atom stereocenters. The Morgan fingerprint density at radius 3 is 2.08 bits per heavy atom. The molecule has 1 unspecified atom stereocenters. The first-order chi connectivity index (χ1) is 26.0. The summed E-state index contributed by atoms with van der Waals surface area (Å²) in [5.41, 5.74) is 3.62. The molecule has 53 heavy (non-hydrogen) atoms.